The highest BCUT2D eigenvalue weighted by Crippen LogP contribution is 2.12. The second kappa shape index (κ2) is 4.79. The largest absolute Gasteiger partial charge is 0.368 e. The zero-order valence-electron chi connectivity index (χ0n) is 9.07. The van der Waals surface area contributed by atoms with Crippen LogP contribution in [0.25, 0.3) is 0 Å². The SMILES string of the molecule is CCN(CC(C)C)c1ccnc(N)n1. The summed E-state index contributed by atoms with van der Waals surface area (Å²) in [5.74, 6) is 1.87. The molecule has 14 heavy (non-hydrogen) atoms. The van der Waals surface area contributed by atoms with E-state index in [1.165, 1.54) is 0 Å². The summed E-state index contributed by atoms with van der Waals surface area (Å²) in [6.07, 6.45) is 1.70. The minimum absolute atomic E-state index is 0.338. The number of anilines is 2. The molecule has 1 aromatic rings. The van der Waals surface area contributed by atoms with Crippen LogP contribution in [0.15, 0.2) is 12.3 Å². The Kier molecular flexibility index (Phi) is 3.68. The molecule has 0 aliphatic heterocycles. The smallest absolute Gasteiger partial charge is 0.221 e. The van der Waals surface area contributed by atoms with E-state index >= 15 is 0 Å². The molecule has 1 heterocycles. The van der Waals surface area contributed by atoms with Gasteiger partial charge in [0.25, 0.3) is 0 Å². The third-order valence-electron chi connectivity index (χ3n) is 1.95. The first kappa shape index (κ1) is 10.8. The van der Waals surface area contributed by atoms with Gasteiger partial charge in [0.2, 0.25) is 5.95 Å². The lowest BCUT2D eigenvalue weighted by atomic mass is 10.2. The lowest BCUT2D eigenvalue weighted by Gasteiger charge is -2.23. The Morgan fingerprint density at radius 1 is 1.50 bits per heavy atom. The van der Waals surface area contributed by atoms with Gasteiger partial charge in [-0.15, -0.1) is 0 Å². The lowest BCUT2D eigenvalue weighted by Crippen LogP contribution is -2.28. The molecular formula is C10H18N4. The van der Waals surface area contributed by atoms with Crippen molar-refractivity contribution in [2.24, 2.45) is 5.92 Å². The highest BCUT2D eigenvalue weighted by Gasteiger charge is 2.07. The van der Waals surface area contributed by atoms with Gasteiger partial charge in [-0.2, -0.15) is 4.98 Å². The summed E-state index contributed by atoms with van der Waals surface area (Å²) in [4.78, 5) is 10.3. The normalized spacial score (nSPS) is 10.6. The summed E-state index contributed by atoms with van der Waals surface area (Å²) >= 11 is 0. The zero-order chi connectivity index (χ0) is 10.6. The van der Waals surface area contributed by atoms with Gasteiger partial charge in [0, 0.05) is 19.3 Å². The third-order valence-corrected chi connectivity index (χ3v) is 1.95. The maximum Gasteiger partial charge on any atom is 0.221 e. The van der Waals surface area contributed by atoms with Crippen molar-refractivity contribution < 1.29 is 0 Å². The van der Waals surface area contributed by atoms with Gasteiger partial charge >= 0.3 is 0 Å². The topological polar surface area (TPSA) is 55.0 Å². The first-order chi connectivity index (χ1) is 6.63. The van der Waals surface area contributed by atoms with Gasteiger partial charge in [0.05, 0.1) is 0 Å². The number of hydrogen-bond donors (Lipinski definition) is 1. The Hall–Kier alpha value is -1.32. The van der Waals surface area contributed by atoms with Crippen LogP contribution in [0.5, 0.6) is 0 Å². The summed E-state index contributed by atoms with van der Waals surface area (Å²) < 4.78 is 0. The van der Waals surface area contributed by atoms with E-state index < -0.39 is 0 Å². The maximum absolute atomic E-state index is 5.53. The molecule has 1 rings (SSSR count). The number of hydrogen-bond acceptors (Lipinski definition) is 4. The number of nitrogens with zero attached hydrogens (tertiary/aromatic N) is 3. The molecule has 4 nitrogen and oxygen atoms in total. The molecule has 2 N–H and O–H groups in total. The van der Waals surface area contributed by atoms with Gasteiger partial charge in [-0.3, -0.25) is 0 Å². The predicted molar refractivity (Wildman–Crippen MR) is 59.2 cm³/mol. The van der Waals surface area contributed by atoms with Crippen molar-refractivity contribution in [3.05, 3.63) is 12.3 Å². The van der Waals surface area contributed by atoms with E-state index in [1.807, 2.05) is 6.07 Å². The van der Waals surface area contributed by atoms with Crippen LogP contribution in [0.3, 0.4) is 0 Å². The molecular weight excluding hydrogens is 176 g/mol. The summed E-state index contributed by atoms with van der Waals surface area (Å²) in [5.41, 5.74) is 5.53. The van der Waals surface area contributed by atoms with Crippen molar-refractivity contribution in [2.75, 3.05) is 23.7 Å². The molecule has 0 amide bonds. The Morgan fingerprint density at radius 3 is 2.71 bits per heavy atom. The number of nitrogens with two attached hydrogens (primary N) is 1. The molecule has 0 saturated carbocycles. The second-order valence-corrected chi connectivity index (χ2v) is 3.71. The summed E-state index contributed by atoms with van der Waals surface area (Å²) in [6.45, 7) is 8.42. The monoisotopic (exact) mass is 194 g/mol. The van der Waals surface area contributed by atoms with Crippen LogP contribution in [0.1, 0.15) is 20.8 Å². The highest BCUT2D eigenvalue weighted by molar-refractivity contribution is 5.40. The molecule has 0 unspecified atom stereocenters. The molecule has 0 aliphatic carbocycles. The summed E-state index contributed by atoms with van der Waals surface area (Å²) in [5, 5.41) is 0. The molecule has 0 saturated heterocycles. The summed E-state index contributed by atoms with van der Waals surface area (Å²) in [7, 11) is 0. The first-order valence-corrected chi connectivity index (χ1v) is 4.97. The van der Waals surface area contributed by atoms with Crippen LogP contribution in [0.4, 0.5) is 11.8 Å². The lowest BCUT2D eigenvalue weighted by molar-refractivity contribution is 0.614. The first-order valence-electron chi connectivity index (χ1n) is 4.97. The Bertz CT molecular complexity index is 285. The van der Waals surface area contributed by atoms with Crippen LogP contribution < -0.4 is 10.6 Å². The van der Waals surface area contributed by atoms with Gasteiger partial charge in [-0.05, 0) is 18.9 Å². The highest BCUT2D eigenvalue weighted by atomic mass is 15.2. The molecule has 0 spiro atoms. The fourth-order valence-corrected chi connectivity index (χ4v) is 1.37. The van der Waals surface area contributed by atoms with E-state index in [4.69, 9.17) is 5.73 Å². The Labute approximate surface area is 85.2 Å². The van der Waals surface area contributed by atoms with Gasteiger partial charge < -0.3 is 10.6 Å². The van der Waals surface area contributed by atoms with Gasteiger partial charge in [0.1, 0.15) is 5.82 Å². The maximum atomic E-state index is 5.53. The second-order valence-electron chi connectivity index (χ2n) is 3.71. The molecule has 0 aromatic carbocycles. The molecule has 0 atom stereocenters. The predicted octanol–water partition coefficient (Wildman–Crippen LogP) is 1.54. The third kappa shape index (κ3) is 2.87. The summed E-state index contributed by atoms with van der Waals surface area (Å²) in [6, 6.07) is 1.89. The van der Waals surface area contributed by atoms with Gasteiger partial charge in [0.15, 0.2) is 0 Å². The van der Waals surface area contributed by atoms with Crippen molar-refractivity contribution in [1.82, 2.24) is 9.97 Å². The van der Waals surface area contributed by atoms with Crippen molar-refractivity contribution in [1.29, 1.82) is 0 Å². The molecule has 1 aromatic heterocycles. The standard InChI is InChI=1S/C10H18N4/c1-4-14(7-8(2)3)9-5-6-12-10(11)13-9/h5-6,8H,4,7H2,1-3H3,(H2,11,12,13). The molecule has 0 bridgehead atoms. The Balaban J connectivity index is 2.78. The van der Waals surface area contributed by atoms with E-state index in [9.17, 15) is 0 Å². The molecule has 0 radical (unpaired) electrons. The van der Waals surface area contributed by atoms with Crippen LogP contribution in [-0.2, 0) is 0 Å². The number of aromatic nitrogens is 2. The van der Waals surface area contributed by atoms with E-state index in [0.717, 1.165) is 18.9 Å². The average Bonchev–Trinajstić information content (AvgIpc) is 2.14. The van der Waals surface area contributed by atoms with E-state index in [2.05, 4.69) is 35.6 Å². The Morgan fingerprint density at radius 2 is 2.21 bits per heavy atom. The van der Waals surface area contributed by atoms with Crippen molar-refractivity contribution in [3.63, 3.8) is 0 Å². The van der Waals surface area contributed by atoms with E-state index in [1.54, 1.807) is 6.20 Å². The zero-order valence-corrected chi connectivity index (χ0v) is 9.07. The van der Waals surface area contributed by atoms with E-state index in [0.29, 0.717) is 11.9 Å². The molecule has 0 aliphatic rings. The van der Waals surface area contributed by atoms with Crippen LogP contribution >= 0.6 is 0 Å². The van der Waals surface area contributed by atoms with Crippen molar-refractivity contribution in [2.45, 2.75) is 20.8 Å². The fourth-order valence-electron chi connectivity index (χ4n) is 1.37. The average molecular weight is 194 g/mol. The minimum atomic E-state index is 0.338. The van der Waals surface area contributed by atoms with Gasteiger partial charge in [-0.1, -0.05) is 13.8 Å². The quantitative estimate of drug-likeness (QED) is 0.790. The van der Waals surface area contributed by atoms with Crippen LogP contribution in [0.2, 0.25) is 0 Å². The molecule has 78 valence electrons. The van der Waals surface area contributed by atoms with Crippen LogP contribution in [0, 0.1) is 5.92 Å². The number of nitrogen functional groups attached to an aromatic ring is 1. The van der Waals surface area contributed by atoms with Crippen LogP contribution in [-0.4, -0.2) is 23.1 Å². The molecule has 0 fully saturated rings. The minimum Gasteiger partial charge on any atom is -0.368 e. The number of rotatable bonds is 4. The fraction of sp³-hybridized carbons (Fsp3) is 0.600. The van der Waals surface area contributed by atoms with Crippen molar-refractivity contribution in [3.8, 4) is 0 Å². The van der Waals surface area contributed by atoms with E-state index in [-0.39, 0.29) is 0 Å². The van der Waals surface area contributed by atoms with Gasteiger partial charge in [-0.25, -0.2) is 4.98 Å². The van der Waals surface area contributed by atoms with Crippen molar-refractivity contribution >= 4 is 11.8 Å². The molecule has 4 heteroatoms.